The predicted molar refractivity (Wildman–Crippen MR) is 71.2 cm³/mol. The number of methoxy groups -OCH3 is 1. The number of unbranched alkanes of at least 4 members (excludes halogenated alkanes) is 1. The molecule has 0 bridgehead atoms. The normalized spacial score (nSPS) is 10.2. The maximum Gasteiger partial charge on any atom is 0.188 e. The Hall–Kier alpha value is -0.870. The van der Waals surface area contributed by atoms with Gasteiger partial charge in [-0.1, -0.05) is 15.9 Å². The average molecular weight is 301 g/mol. The summed E-state index contributed by atoms with van der Waals surface area (Å²) >= 11 is 3.35. The molecule has 1 aromatic rings. The number of ether oxygens (including phenoxy) is 2. The van der Waals surface area contributed by atoms with E-state index in [9.17, 15) is 4.79 Å². The molecule has 3 nitrogen and oxygen atoms in total. The summed E-state index contributed by atoms with van der Waals surface area (Å²) < 4.78 is 10.3. The molecule has 0 heterocycles. The fraction of sp³-hybridized carbons (Fsp3) is 0.462. The first-order chi connectivity index (χ1) is 8.27. The van der Waals surface area contributed by atoms with Crippen molar-refractivity contribution in [3.8, 4) is 5.75 Å². The molecule has 0 fully saturated rings. The molecule has 0 N–H and O–H groups in total. The van der Waals surface area contributed by atoms with Gasteiger partial charge in [-0.25, -0.2) is 0 Å². The molecule has 0 aromatic heterocycles. The Balaban J connectivity index is 2.31. The first-order valence-corrected chi connectivity index (χ1v) is 6.71. The molecule has 4 heteroatoms. The largest absolute Gasteiger partial charge is 0.497 e. The molecule has 17 heavy (non-hydrogen) atoms. The van der Waals surface area contributed by atoms with Gasteiger partial charge in [0.05, 0.1) is 7.11 Å². The van der Waals surface area contributed by atoms with Crippen molar-refractivity contribution in [3.05, 3.63) is 29.8 Å². The average Bonchev–Trinajstić information content (AvgIpc) is 2.38. The summed E-state index contributed by atoms with van der Waals surface area (Å²) in [5.74, 6) is 0.756. The summed E-state index contributed by atoms with van der Waals surface area (Å²) in [6, 6.07) is 7.06. The number of hydrogen-bond donors (Lipinski definition) is 0. The van der Waals surface area contributed by atoms with Crippen LogP contribution in [0, 0.1) is 0 Å². The van der Waals surface area contributed by atoms with Crippen LogP contribution >= 0.6 is 15.9 Å². The third-order valence-electron chi connectivity index (χ3n) is 2.32. The zero-order chi connectivity index (χ0) is 12.5. The van der Waals surface area contributed by atoms with Crippen LogP contribution in [0.3, 0.4) is 0 Å². The van der Waals surface area contributed by atoms with Crippen LogP contribution in [0.2, 0.25) is 0 Å². The predicted octanol–water partition coefficient (Wildman–Crippen LogP) is 3.07. The third kappa shape index (κ3) is 5.33. The lowest BCUT2D eigenvalue weighted by atomic mass is 10.1. The Kier molecular flexibility index (Phi) is 6.89. The van der Waals surface area contributed by atoms with E-state index in [1.165, 1.54) is 0 Å². The molecule has 0 atom stereocenters. The third-order valence-corrected chi connectivity index (χ3v) is 2.88. The highest BCUT2D eigenvalue weighted by atomic mass is 79.9. The van der Waals surface area contributed by atoms with Gasteiger partial charge >= 0.3 is 0 Å². The fourth-order valence-electron chi connectivity index (χ4n) is 1.32. The number of alkyl halides is 1. The number of halogens is 1. The quantitative estimate of drug-likeness (QED) is 0.420. The molecule has 0 aliphatic heterocycles. The van der Waals surface area contributed by atoms with Crippen molar-refractivity contribution in [1.82, 2.24) is 0 Å². The van der Waals surface area contributed by atoms with Crippen LogP contribution in [0.5, 0.6) is 5.75 Å². The van der Waals surface area contributed by atoms with Gasteiger partial charge in [0, 0.05) is 17.5 Å². The van der Waals surface area contributed by atoms with Gasteiger partial charge in [-0.3, -0.25) is 4.79 Å². The lowest BCUT2D eigenvalue weighted by Gasteiger charge is -2.04. The molecule has 0 aliphatic rings. The van der Waals surface area contributed by atoms with E-state index in [0.717, 1.165) is 23.9 Å². The number of hydrogen-bond acceptors (Lipinski definition) is 3. The fourth-order valence-corrected chi connectivity index (χ4v) is 1.72. The molecule has 0 radical (unpaired) electrons. The Labute approximate surface area is 110 Å². The van der Waals surface area contributed by atoms with Crippen molar-refractivity contribution < 1.29 is 14.3 Å². The first kappa shape index (κ1) is 14.2. The standard InChI is InChI=1S/C13H17BrO3/c1-16-12-6-4-11(5-7-12)13(15)10-17-9-3-2-8-14/h4-7H,2-3,8-10H2,1H3. The minimum atomic E-state index is 0.00601. The van der Waals surface area contributed by atoms with Gasteiger partial charge in [-0.05, 0) is 37.1 Å². The van der Waals surface area contributed by atoms with Gasteiger partial charge in [-0.2, -0.15) is 0 Å². The molecule has 0 saturated heterocycles. The van der Waals surface area contributed by atoms with Crippen molar-refractivity contribution in [3.63, 3.8) is 0 Å². The smallest absolute Gasteiger partial charge is 0.188 e. The van der Waals surface area contributed by atoms with Crippen LogP contribution in [0.1, 0.15) is 23.2 Å². The van der Waals surface area contributed by atoms with Crippen LogP contribution in [-0.2, 0) is 4.74 Å². The lowest BCUT2D eigenvalue weighted by Crippen LogP contribution is -2.09. The molecule has 0 unspecified atom stereocenters. The number of rotatable bonds is 8. The van der Waals surface area contributed by atoms with Gasteiger partial charge in [0.1, 0.15) is 12.4 Å². The Morgan fingerprint density at radius 3 is 2.53 bits per heavy atom. The molecular weight excluding hydrogens is 284 g/mol. The van der Waals surface area contributed by atoms with Crippen LogP contribution in [0.15, 0.2) is 24.3 Å². The molecule has 0 aliphatic carbocycles. The van der Waals surface area contributed by atoms with E-state index in [1.807, 2.05) is 0 Å². The number of Topliss-reactive ketones (excluding diaryl/α,β-unsaturated/α-hetero) is 1. The number of benzene rings is 1. The van der Waals surface area contributed by atoms with Gasteiger partial charge in [0.15, 0.2) is 5.78 Å². The van der Waals surface area contributed by atoms with Gasteiger partial charge in [0.25, 0.3) is 0 Å². The zero-order valence-electron chi connectivity index (χ0n) is 9.95. The molecule has 1 aromatic carbocycles. The Morgan fingerprint density at radius 1 is 1.24 bits per heavy atom. The Bertz CT molecular complexity index is 335. The van der Waals surface area contributed by atoms with Crippen LogP contribution < -0.4 is 4.74 Å². The van der Waals surface area contributed by atoms with E-state index < -0.39 is 0 Å². The van der Waals surface area contributed by atoms with E-state index in [2.05, 4.69) is 15.9 Å². The van der Waals surface area contributed by atoms with E-state index in [0.29, 0.717) is 12.2 Å². The summed E-state index contributed by atoms with van der Waals surface area (Å²) in [6.45, 7) is 0.780. The highest BCUT2D eigenvalue weighted by molar-refractivity contribution is 9.09. The monoisotopic (exact) mass is 300 g/mol. The second-order valence-electron chi connectivity index (χ2n) is 3.60. The van der Waals surface area contributed by atoms with Crippen LogP contribution in [0.4, 0.5) is 0 Å². The Morgan fingerprint density at radius 2 is 1.94 bits per heavy atom. The van der Waals surface area contributed by atoms with Gasteiger partial charge < -0.3 is 9.47 Å². The summed E-state index contributed by atoms with van der Waals surface area (Å²) in [7, 11) is 1.60. The second kappa shape index (κ2) is 8.25. The van der Waals surface area contributed by atoms with Crippen LogP contribution in [0.25, 0.3) is 0 Å². The maximum absolute atomic E-state index is 11.7. The highest BCUT2D eigenvalue weighted by Gasteiger charge is 2.05. The van der Waals surface area contributed by atoms with Crippen molar-refractivity contribution in [2.75, 3.05) is 25.7 Å². The maximum atomic E-state index is 11.7. The minimum absolute atomic E-state index is 0.00601. The molecule has 94 valence electrons. The van der Waals surface area contributed by atoms with E-state index >= 15 is 0 Å². The van der Waals surface area contributed by atoms with Crippen molar-refractivity contribution >= 4 is 21.7 Å². The number of ketones is 1. The van der Waals surface area contributed by atoms with Crippen molar-refractivity contribution in [2.45, 2.75) is 12.8 Å². The van der Waals surface area contributed by atoms with Gasteiger partial charge in [0.2, 0.25) is 0 Å². The topological polar surface area (TPSA) is 35.5 Å². The number of carbonyl (C=O) groups excluding carboxylic acids is 1. The highest BCUT2D eigenvalue weighted by Crippen LogP contribution is 2.11. The summed E-state index contributed by atoms with van der Waals surface area (Å²) in [5, 5.41) is 0.975. The van der Waals surface area contributed by atoms with Crippen molar-refractivity contribution in [2.24, 2.45) is 0 Å². The second-order valence-corrected chi connectivity index (χ2v) is 4.39. The molecule has 0 spiro atoms. The SMILES string of the molecule is COc1ccc(C(=O)COCCCCBr)cc1. The van der Waals surface area contributed by atoms with E-state index in [-0.39, 0.29) is 12.4 Å². The van der Waals surface area contributed by atoms with E-state index in [1.54, 1.807) is 31.4 Å². The molecule has 0 saturated carbocycles. The minimum Gasteiger partial charge on any atom is -0.497 e. The molecule has 1 rings (SSSR count). The summed E-state index contributed by atoms with van der Waals surface area (Å²) in [5.41, 5.74) is 0.659. The lowest BCUT2D eigenvalue weighted by molar-refractivity contribution is 0.0755. The van der Waals surface area contributed by atoms with Crippen LogP contribution in [-0.4, -0.2) is 31.4 Å². The summed E-state index contributed by atoms with van der Waals surface area (Å²) in [6.07, 6.45) is 2.04. The molecular formula is C13H17BrO3. The zero-order valence-corrected chi connectivity index (χ0v) is 11.5. The van der Waals surface area contributed by atoms with Gasteiger partial charge in [-0.15, -0.1) is 0 Å². The van der Waals surface area contributed by atoms with E-state index in [4.69, 9.17) is 9.47 Å². The first-order valence-electron chi connectivity index (χ1n) is 5.59. The van der Waals surface area contributed by atoms with Crippen molar-refractivity contribution in [1.29, 1.82) is 0 Å². The number of carbonyl (C=O) groups is 1. The molecule has 0 amide bonds. The summed E-state index contributed by atoms with van der Waals surface area (Å²) in [4.78, 5) is 11.7.